The van der Waals surface area contributed by atoms with Gasteiger partial charge in [-0.15, -0.1) is 0 Å². The maximum Gasteiger partial charge on any atom is 0.265 e. The third-order valence-corrected chi connectivity index (χ3v) is 1.64. The number of rotatable bonds is 3. The summed E-state index contributed by atoms with van der Waals surface area (Å²) in [5.41, 5.74) is 5.59. The molecule has 74 valence electrons. The van der Waals surface area contributed by atoms with Gasteiger partial charge < -0.3 is 20.3 Å². The van der Waals surface area contributed by atoms with Crippen LogP contribution in [0, 0.1) is 0 Å². The molecular formula is C7H14N4O2. The average Bonchev–Trinajstić information content (AvgIpc) is 2.50. The summed E-state index contributed by atoms with van der Waals surface area (Å²) in [6.45, 7) is 1.57. The molecule has 6 heteroatoms. The van der Waals surface area contributed by atoms with Crippen molar-refractivity contribution in [2.24, 2.45) is 5.73 Å². The van der Waals surface area contributed by atoms with E-state index >= 15 is 0 Å². The highest BCUT2D eigenvalue weighted by atomic mass is 16.5. The first-order valence-electron chi connectivity index (χ1n) is 3.97. The summed E-state index contributed by atoms with van der Waals surface area (Å²) < 4.78 is 4.86. The van der Waals surface area contributed by atoms with Gasteiger partial charge in [-0.1, -0.05) is 0 Å². The molecule has 0 unspecified atom stereocenters. The molecule has 0 amide bonds. The topological polar surface area (TPSA) is 88.4 Å². The van der Waals surface area contributed by atoms with Crippen molar-refractivity contribution in [1.82, 2.24) is 10.1 Å². The van der Waals surface area contributed by atoms with Gasteiger partial charge in [0, 0.05) is 14.1 Å². The van der Waals surface area contributed by atoms with E-state index in [0.717, 1.165) is 0 Å². The molecule has 0 radical (unpaired) electrons. The number of aliphatic hydroxyl groups excluding tert-OH is 1. The van der Waals surface area contributed by atoms with Crippen LogP contribution < -0.4 is 10.6 Å². The second kappa shape index (κ2) is 3.71. The monoisotopic (exact) mass is 186 g/mol. The third-order valence-electron chi connectivity index (χ3n) is 1.64. The third kappa shape index (κ3) is 2.16. The number of hydrogen-bond donors (Lipinski definition) is 2. The highest BCUT2D eigenvalue weighted by Crippen LogP contribution is 2.14. The number of nitrogens with two attached hydrogens (primary N) is 1. The van der Waals surface area contributed by atoms with Crippen molar-refractivity contribution >= 4 is 5.95 Å². The maximum absolute atomic E-state index is 9.16. The van der Waals surface area contributed by atoms with Crippen LogP contribution in [-0.4, -0.2) is 35.4 Å². The highest BCUT2D eigenvalue weighted by Gasteiger charge is 2.19. The summed E-state index contributed by atoms with van der Waals surface area (Å²) in [6, 6.07) is -0.624. The van der Waals surface area contributed by atoms with Crippen molar-refractivity contribution in [2.75, 3.05) is 19.0 Å². The van der Waals surface area contributed by atoms with Crippen LogP contribution >= 0.6 is 0 Å². The van der Waals surface area contributed by atoms with Gasteiger partial charge in [0.05, 0.1) is 6.10 Å². The molecule has 0 aliphatic heterocycles. The number of aliphatic hydroxyl groups is 1. The summed E-state index contributed by atoms with van der Waals surface area (Å²) in [7, 11) is 3.59. The largest absolute Gasteiger partial charge is 0.391 e. The van der Waals surface area contributed by atoms with Gasteiger partial charge in [0.2, 0.25) is 5.89 Å². The highest BCUT2D eigenvalue weighted by molar-refractivity contribution is 5.24. The standard InChI is InChI=1S/C7H14N4O2/c1-4(12)5(8)6-9-7(10-13-6)11(2)3/h4-5,12H,8H2,1-3H3/t4-,5+/m1/s1. The Bertz CT molecular complexity index is 271. The smallest absolute Gasteiger partial charge is 0.265 e. The lowest BCUT2D eigenvalue weighted by atomic mass is 10.2. The zero-order chi connectivity index (χ0) is 10.0. The van der Waals surface area contributed by atoms with E-state index in [9.17, 15) is 0 Å². The molecule has 0 bridgehead atoms. The second-order valence-electron chi connectivity index (χ2n) is 3.09. The van der Waals surface area contributed by atoms with Crippen LogP contribution in [0.5, 0.6) is 0 Å². The van der Waals surface area contributed by atoms with E-state index in [1.54, 1.807) is 25.9 Å². The van der Waals surface area contributed by atoms with Gasteiger partial charge in [-0.3, -0.25) is 0 Å². The number of aromatic nitrogens is 2. The van der Waals surface area contributed by atoms with Crippen LogP contribution in [0.15, 0.2) is 4.52 Å². The first-order valence-corrected chi connectivity index (χ1v) is 3.97. The van der Waals surface area contributed by atoms with E-state index in [1.165, 1.54) is 0 Å². The molecule has 0 aliphatic rings. The van der Waals surface area contributed by atoms with Crippen LogP contribution in [0.1, 0.15) is 18.9 Å². The molecule has 0 saturated carbocycles. The summed E-state index contributed by atoms with van der Waals surface area (Å²) >= 11 is 0. The van der Waals surface area contributed by atoms with E-state index in [4.69, 9.17) is 15.4 Å². The van der Waals surface area contributed by atoms with Crippen molar-refractivity contribution in [3.8, 4) is 0 Å². The Hall–Kier alpha value is -1.14. The fraction of sp³-hybridized carbons (Fsp3) is 0.714. The molecule has 13 heavy (non-hydrogen) atoms. The molecular weight excluding hydrogens is 172 g/mol. The quantitative estimate of drug-likeness (QED) is 0.662. The molecule has 0 aliphatic carbocycles. The van der Waals surface area contributed by atoms with Gasteiger partial charge >= 0.3 is 0 Å². The SMILES string of the molecule is C[C@@H](O)[C@H](N)c1nc(N(C)C)no1. The van der Waals surface area contributed by atoms with Crippen molar-refractivity contribution < 1.29 is 9.63 Å². The molecule has 0 fully saturated rings. The average molecular weight is 186 g/mol. The van der Waals surface area contributed by atoms with Crippen LogP contribution in [0.3, 0.4) is 0 Å². The van der Waals surface area contributed by atoms with E-state index in [0.29, 0.717) is 5.95 Å². The number of nitrogens with zero attached hydrogens (tertiary/aromatic N) is 3. The minimum atomic E-state index is -0.699. The van der Waals surface area contributed by atoms with Gasteiger partial charge in [-0.2, -0.15) is 4.98 Å². The second-order valence-corrected chi connectivity index (χ2v) is 3.09. The Kier molecular flexibility index (Phi) is 2.84. The minimum absolute atomic E-state index is 0.249. The van der Waals surface area contributed by atoms with Crippen LogP contribution in [0.2, 0.25) is 0 Å². The molecule has 1 heterocycles. The Labute approximate surface area is 76.3 Å². The lowest BCUT2D eigenvalue weighted by molar-refractivity contribution is 0.146. The molecule has 3 N–H and O–H groups in total. The molecule has 0 spiro atoms. The first kappa shape index (κ1) is 9.94. The van der Waals surface area contributed by atoms with Gasteiger partial charge in [0.15, 0.2) is 0 Å². The van der Waals surface area contributed by atoms with E-state index < -0.39 is 12.1 Å². The zero-order valence-corrected chi connectivity index (χ0v) is 7.93. The first-order chi connectivity index (χ1) is 6.02. The van der Waals surface area contributed by atoms with Gasteiger partial charge in [-0.25, -0.2) is 0 Å². The Balaban J connectivity index is 2.79. The Morgan fingerprint density at radius 3 is 2.54 bits per heavy atom. The van der Waals surface area contributed by atoms with Crippen molar-refractivity contribution in [2.45, 2.75) is 19.1 Å². The molecule has 2 atom stereocenters. The normalized spacial score (nSPS) is 15.5. The lowest BCUT2D eigenvalue weighted by Crippen LogP contribution is -2.23. The molecule has 0 saturated heterocycles. The van der Waals surface area contributed by atoms with Crippen LogP contribution in [-0.2, 0) is 0 Å². The van der Waals surface area contributed by atoms with Crippen molar-refractivity contribution in [3.05, 3.63) is 5.89 Å². The Morgan fingerprint density at radius 1 is 1.54 bits per heavy atom. The predicted molar refractivity (Wildman–Crippen MR) is 47.2 cm³/mol. The van der Waals surface area contributed by atoms with Gasteiger partial charge in [-0.05, 0) is 12.1 Å². The number of anilines is 1. The zero-order valence-electron chi connectivity index (χ0n) is 7.93. The lowest BCUT2D eigenvalue weighted by Gasteiger charge is -2.08. The fourth-order valence-electron chi connectivity index (χ4n) is 0.750. The summed E-state index contributed by atoms with van der Waals surface area (Å²) in [4.78, 5) is 5.69. The van der Waals surface area contributed by atoms with E-state index in [-0.39, 0.29) is 5.89 Å². The minimum Gasteiger partial charge on any atom is -0.391 e. The van der Waals surface area contributed by atoms with Crippen LogP contribution in [0.4, 0.5) is 5.95 Å². The van der Waals surface area contributed by atoms with E-state index in [2.05, 4.69) is 10.1 Å². The fourth-order valence-corrected chi connectivity index (χ4v) is 0.750. The van der Waals surface area contributed by atoms with Gasteiger partial charge in [0.25, 0.3) is 5.95 Å². The van der Waals surface area contributed by atoms with Crippen molar-refractivity contribution in [1.29, 1.82) is 0 Å². The maximum atomic E-state index is 9.16. The molecule has 0 aromatic carbocycles. The van der Waals surface area contributed by atoms with Crippen LogP contribution in [0.25, 0.3) is 0 Å². The molecule has 1 aromatic heterocycles. The summed E-state index contributed by atoms with van der Waals surface area (Å²) in [6.07, 6.45) is -0.699. The summed E-state index contributed by atoms with van der Waals surface area (Å²) in [5, 5.41) is 12.8. The summed E-state index contributed by atoms with van der Waals surface area (Å²) in [5.74, 6) is 0.699. The predicted octanol–water partition coefficient (Wildman–Crippen LogP) is -0.484. The Morgan fingerprint density at radius 2 is 2.15 bits per heavy atom. The van der Waals surface area contributed by atoms with Crippen molar-refractivity contribution in [3.63, 3.8) is 0 Å². The molecule has 1 aromatic rings. The van der Waals surface area contributed by atoms with E-state index in [1.807, 2.05) is 0 Å². The molecule has 1 rings (SSSR count). The number of hydrogen-bond acceptors (Lipinski definition) is 6. The molecule has 6 nitrogen and oxygen atoms in total. The van der Waals surface area contributed by atoms with Gasteiger partial charge in [0.1, 0.15) is 6.04 Å².